The lowest BCUT2D eigenvalue weighted by Crippen LogP contribution is -2.31. The van der Waals surface area contributed by atoms with Crippen molar-refractivity contribution in [1.29, 1.82) is 0 Å². The van der Waals surface area contributed by atoms with Gasteiger partial charge in [-0.15, -0.1) is 0 Å². The zero-order valence-electron chi connectivity index (χ0n) is 6.78. The van der Waals surface area contributed by atoms with Crippen molar-refractivity contribution in [3.63, 3.8) is 0 Å². The minimum absolute atomic E-state index is 0.0108. The van der Waals surface area contributed by atoms with Gasteiger partial charge in [-0.25, -0.2) is 0 Å². The molecule has 4 nitrogen and oxygen atoms in total. The standard InChI is InChI=1S/C7H13NO3/c1-6(2)8(5-9)4-3-7(10)11/h5-6H,3-4H2,1-2H3,(H,10,11). The van der Waals surface area contributed by atoms with E-state index < -0.39 is 5.97 Å². The zero-order valence-corrected chi connectivity index (χ0v) is 6.78. The third-order valence-electron chi connectivity index (χ3n) is 1.38. The van der Waals surface area contributed by atoms with Crippen molar-refractivity contribution in [3.8, 4) is 0 Å². The maximum Gasteiger partial charge on any atom is 0.305 e. The largest absolute Gasteiger partial charge is 0.481 e. The molecule has 0 aliphatic rings. The molecule has 0 spiro atoms. The summed E-state index contributed by atoms with van der Waals surface area (Å²) in [5.74, 6) is -0.877. The maximum atomic E-state index is 10.3. The molecule has 0 radical (unpaired) electrons. The van der Waals surface area contributed by atoms with Crippen LogP contribution in [-0.2, 0) is 9.59 Å². The summed E-state index contributed by atoms with van der Waals surface area (Å²) in [5, 5.41) is 8.30. The first-order valence-corrected chi connectivity index (χ1v) is 3.50. The molecule has 0 unspecified atom stereocenters. The molecule has 1 N–H and O–H groups in total. The maximum absolute atomic E-state index is 10.3. The lowest BCUT2D eigenvalue weighted by molar-refractivity contribution is -0.137. The Morgan fingerprint density at radius 1 is 1.64 bits per heavy atom. The van der Waals surface area contributed by atoms with Gasteiger partial charge in [0.2, 0.25) is 6.41 Å². The number of aliphatic carboxylic acids is 1. The summed E-state index contributed by atoms with van der Waals surface area (Å²) in [6.45, 7) is 3.98. The van der Waals surface area contributed by atoms with Gasteiger partial charge in [-0.3, -0.25) is 9.59 Å². The fourth-order valence-electron chi connectivity index (χ4n) is 0.657. The molecular weight excluding hydrogens is 146 g/mol. The van der Waals surface area contributed by atoms with Gasteiger partial charge in [-0.05, 0) is 13.8 Å². The zero-order chi connectivity index (χ0) is 8.85. The van der Waals surface area contributed by atoms with E-state index in [4.69, 9.17) is 5.11 Å². The predicted octanol–water partition coefficient (Wildman–Crippen LogP) is 0.328. The summed E-state index contributed by atoms with van der Waals surface area (Å²) in [6.07, 6.45) is 0.685. The van der Waals surface area contributed by atoms with Crippen LogP contribution in [-0.4, -0.2) is 35.0 Å². The highest BCUT2D eigenvalue weighted by molar-refractivity contribution is 5.67. The number of hydrogen-bond acceptors (Lipinski definition) is 2. The van der Waals surface area contributed by atoms with Crippen LogP contribution >= 0.6 is 0 Å². The van der Waals surface area contributed by atoms with Crippen molar-refractivity contribution in [2.24, 2.45) is 0 Å². The number of carboxylic acid groups (broad SMARTS) is 1. The number of rotatable bonds is 5. The highest BCUT2D eigenvalue weighted by atomic mass is 16.4. The van der Waals surface area contributed by atoms with Crippen LogP contribution in [0, 0.1) is 0 Å². The van der Waals surface area contributed by atoms with E-state index in [1.54, 1.807) is 0 Å². The summed E-state index contributed by atoms with van der Waals surface area (Å²) in [5.41, 5.74) is 0. The lowest BCUT2D eigenvalue weighted by Gasteiger charge is -2.20. The van der Waals surface area contributed by atoms with Gasteiger partial charge in [-0.1, -0.05) is 0 Å². The van der Waals surface area contributed by atoms with E-state index in [9.17, 15) is 9.59 Å². The van der Waals surface area contributed by atoms with Crippen molar-refractivity contribution in [2.75, 3.05) is 6.54 Å². The molecule has 0 saturated carbocycles. The number of amides is 1. The average molecular weight is 159 g/mol. The molecule has 0 aromatic carbocycles. The normalized spacial score (nSPS) is 9.73. The molecule has 0 aromatic heterocycles. The second-order valence-corrected chi connectivity index (χ2v) is 2.58. The number of nitrogens with zero attached hydrogens (tertiary/aromatic N) is 1. The smallest absolute Gasteiger partial charge is 0.305 e. The second-order valence-electron chi connectivity index (χ2n) is 2.58. The van der Waals surface area contributed by atoms with Crippen LogP contribution in [0.4, 0.5) is 0 Å². The molecule has 0 aliphatic carbocycles. The molecular formula is C7H13NO3. The number of hydrogen-bond donors (Lipinski definition) is 1. The van der Waals surface area contributed by atoms with E-state index in [-0.39, 0.29) is 19.0 Å². The summed E-state index contributed by atoms with van der Waals surface area (Å²) < 4.78 is 0. The summed E-state index contributed by atoms with van der Waals surface area (Å²) in [4.78, 5) is 21.8. The third kappa shape index (κ3) is 4.36. The van der Waals surface area contributed by atoms with Crippen LogP contribution < -0.4 is 0 Å². The molecule has 0 aliphatic heterocycles. The highest BCUT2D eigenvalue weighted by Crippen LogP contribution is 1.95. The van der Waals surface area contributed by atoms with Crippen LogP contribution in [0.1, 0.15) is 20.3 Å². The second kappa shape index (κ2) is 4.71. The van der Waals surface area contributed by atoms with Crippen molar-refractivity contribution < 1.29 is 14.7 Å². The molecule has 0 saturated heterocycles. The first-order valence-electron chi connectivity index (χ1n) is 3.50. The molecule has 64 valence electrons. The molecule has 0 atom stereocenters. The molecule has 1 amide bonds. The van der Waals surface area contributed by atoms with E-state index in [0.29, 0.717) is 6.41 Å². The first kappa shape index (κ1) is 9.94. The van der Waals surface area contributed by atoms with E-state index >= 15 is 0 Å². The Bertz CT molecular complexity index is 145. The van der Waals surface area contributed by atoms with Crippen LogP contribution in [0.2, 0.25) is 0 Å². The SMILES string of the molecule is CC(C)N(C=O)CCC(=O)O. The van der Waals surface area contributed by atoms with Crippen LogP contribution in [0.15, 0.2) is 0 Å². The van der Waals surface area contributed by atoms with Crippen molar-refractivity contribution in [1.82, 2.24) is 4.90 Å². The minimum Gasteiger partial charge on any atom is -0.481 e. The summed E-state index contributed by atoms with van der Waals surface area (Å²) in [7, 11) is 0. The van der Waals surface area contributed by atoms with Gasteiger partial charge in [0.25, 0.3) is 0 Å². The summed E-state index contributed by atoms with van der Waals surface area (Å²) >= 11 is 0. The first-order chi connectivity index (χ1) is 5.07. The molecule has 0 aromatic rings. The Labute approximate surface area is 65.8 Å². The number of carboxylic acids is 1. The predicted molar refractivity (Wildman–Crippen MR) is 40.2 cm³/mol. The van der Waals surface area contributed by atoms with Crippen molar-refractivity contribution >= 4 is 12.4 Å². The van der Waals surface area contributed by atoms with Crippen molar-refractivity contribution in [3.05, 3.63) is 0 Å². The van der Waals surface area contributed by atoms with Crippen LogP contribution in [0.5, 0.6) is 0 Å². The lowest BCUT2D eigenvalue weighted by atomic mass is 10.3. The Kier molecular flexibility index (Phi) is 4.26. The van der Waals surface area contributed by atoms with Gasteiger partial charge < -0.3 is 10.0 Å². The van der Waals surface area contributed by atoms with Crippen LogP contribution in [0.25, 0.3) is 0 Å². The number of carbonyl (C=O) groups excluding carboxylic acids is 1. The Balaban J connectivity index is 3.69. The Morgan fingerprint density at radius 3 is 2.45 bits per heavy atom. The van der Waals surface area contributed by atoms with Gasteiger partial charge in [0.05, 0.1) is 6.42 Å². The molecule has 4 heteroatoms. The molecule has 11 heavy (non-hydrogen) atoms. The Hall–Kier alpha value is -1.06. The van der Waals surface area contributed by atoms with E-state index in [0.717, 1.165) is 0 Å². The Morgan fingerprint density at radius 2 is 2.18 bits per heavy atom. The van der Waals surface area contributed by atoms with Gasteiger partial charge >= 0.3 is 5.97 Å². The fourth-order valence-corrected chi connectivity index (χ4v) is 0.657. The highest BCUT2D eigenvalue weighted by Gasteiger charge is 2.07. The minimum atomic E-state index is -0.877. The van der Waals surface area contributed by atoms with E-state index in [1.165, 1.54) is 4.90 Å². The van der Waals surface area contributed by atoms with Gasteiger partial charge in [0.1, 0.15) is 0 Å². The molecule has 0 bridgehead atoms. The third-order valence-corrected chi connectivity index (χ3v) is 1.38. The monoisotopic (exact) mass is 159 g/mol. The van der Waals surface area contributed by atoms with Gasteiger partial charge in [-0.2, -0.15) is 0 Å². The van der Waals surface area contributed by atoms with Crippen molar-refractivity contribution in [2.45, 2.75) is 26.3 Å². The number of carbonyl (C=O) groups is 2. The van der Waals surface area contributed by atoms with E-state index in [2.05, 4.69) is 0 Å². The van der Waals surface area contributed by atoms with E-state index in [1.807, 2.05) is 13.8 Å². The average Bonchev–Trinajstić information content (AvgIpc) is 1.87. The fraction of sp³-hybridized carbons (Fsp3) is 0.714. The molecule has 0 fully saturated rings. The van der Waals surface area contributed by atoms with Gasteiger partial charge in [0.15, 0.2) is 0 Å². The van der Waals surface area contributed by atoms with Crippen LogP contribution in [0.3, 0.4) is 0 Å². The molecule has 0 rings (SSSR count). The topological polar surface area (TPSA) is 57.6 Å². The quantitative estimate of drug-likeness (QED) is 0.588. The molecule has 0 heterocycles. The van der Waals surface area contributed by atoms with Gasteiger partial charge in [0, 0.05) is 12.6 Å². The summed E-state index contributed by atoms with van der Waals surface area (Å²) in [6, 6.07) is 0.0758.